The van der Waals surface area contributed by atoms with E-state index in [2.05, 4.69) is 9.84 Å². The van der Waals surface area contributed by atoms with Crippen molar-refractivity contribution in [1.29, 1.82) is 0 Å². The van der Waals surface area contributed by atoms with Crippen molar-refractivity contribution in [3.8, 4) is 0 Å². The average Bonchev–Trinajstić information content (AvgIpc) is 2.45. The molecule has 0 radical (unpaired) electrons. The fourth-order valence-electron chi connectivity index (χ4n) is 1.29. The van der Waals surface area contributed by atoms with Crippen LogP contribution in [0.15, 0.2) is 6.20 Å². The number of aliphatic hydroxyl groups is 1. The molecule has 0 aliphatic heterocycles. The first-order valence-electron chi connectivity index (χ1n) is 4.29. The topological polar surface area (TPSA) is 64.3 Å². The van der Waals surface area contributed by atoms with Crippen molar-refractivity contribution in [2.24, 2.45) is 7.05 Å². The van der Waals surface area contributed by atoms with Crippen molar-refractivity contribution in [2.75, 3.05) is 7.11 Å². The number of aryl methyl sites for hydroxylation is 2. The molecular formula is C9H14N2O3. The number of aromatic nitrogens is 2. The minimum atomic E-state index is -0.886. The van der Waals surface area contributed by atoms with Crippen molar-refractivity contribution < 1.29 is 14.6 Å². The van der Waals surface area contributed by atoms with E-state index >= 15 is 0 Å². The largest absolute Gasteiger partial charge is 0.469 e. The van der Waals surface area contributed by atoms with Crippen LogP contribution in [0.2, 0.25) is 0 Å². The highest BCUT2D eigenvalue weighted by atomic mass is 16.5. The number of hydrogen-bond acceptors (Lipinski definition) is 4. The molecule has 1 atom stereocenters. The van der Waals surface area contributed by atoms with Gasteiger partial charge in [0.2, 0.25) is 0 Å². The van der Waals surface area contributed by atoms with Gasteiger partial charge in [-0.25, -0.2) is 0 Å². The van der Waals surface area contributed by atoms with Gasteiger partial charge in [-0.3, -0.25) is 9.48 Å². The molecule has 0 aliphatic carbocycles. The molecule has 5 nitrogen and oxygen atoms in total. The molecule has 0 bridgehead atoms. The van der Waals surface area contributed by atoms with Crippen LogP contribution in [-0.4, -0.2) is 28.0 Å². The van der Waals surface area contributed by atoms with Crippen molar-refractivity contribution in [2.45, 2.75) is 19.4 Å². The van der Waals surface area contributed by atoms with E-state index in [1.807, 2.05) is 6.92 Å². The van der Waals surface area contributed by atoms with Gasteiger partial charge < -0.3 is 9.84 Å². The molecule has 0 spiro atoms. The third-order valence-electron chi connectivity index (χ3n) is 1.95. The molecule has 1 N–H and O–H groups in total. The van der Waals surface area contributed by atoms with Crippen LogP contribution >= 0.6 is 0 Å². The quantitative estimate of drug-likeness (QED) is 0.710. The first-order valence-corrected chi connectivity index (χ1v) is 4.29. The summed E-state index contributed by atoms with van der Waals surface area (Å²) >= 11 is 0. The fraction of sp³-hybridized carbons (Fsp3) is 0.556. The smallest absolute Gasteiger partial charge is 0.308 e. The second-order valence-corrected chi connectivity index (χ2v) is 3.17. The lowest BCUT2D eigenvalue weighted by Crippen LogP contribution is -2.09. The highest BCUT2D eigenvalue weighted by Gasteiger charge is 2.18. The maximum atomic E-state index is 10.9. The van der Waals surface area contributed by atoms with E-state index in [4.69, 9.17) is 0 Å². The van der Waals surface area contributed by atoms with Crippen LogP contribution in [-0.2, 0) is 16.6 Å². The first kappa shape index (κ1) is 10.7. The molecule has 0 aliphatic rings. The molecule has 5 heteroatoms. The van der Waals surface area contributed by atoms with Gasteiger partial charge in [0.25, 0.3) is 0 Å². The van der Waals surface area contributed by atoms with Crippen LogP contribution in [0, 0.1) is 6.92 Å². The van der Waals surface area contributed by atoms with Gasteiger partial charge in [-0.05, 0) is 12.5 Å². The standard InChI is InChI=1S/C9H14N2O3/c1-6-5-11(2)10-9(6)7(12)4-8(13)14-3/h5,7,12H,4H2,1-3H3. The summed E-state index contributed by atoms with van der Waals surface area (Å²) in [4.78, 5) is 10.9. The van der Waals surface area contributed by atoms with Gasteiger partial charge in [0.15, 0.2) is 0 Å². The summed E-state index contributed by atoms with van der Waals surface area (Å²) in [6.45, 7) is 1.84. The minimum absolute atomic E-state index is 0.0612. The van der Waals surface area contributed by atoms with Crippen LogP contribution < -0.4 is 0 Å². The van der Waals surface area contributed by atoms with E-state index in [1.54, 1.807) is 17.9 Å². The highest BCUT2D eigenvalue weighted by Crippen LogP contribution is 2.18. The van der Waals surface area contributed by atoms with E-state index in [0.29, 0.717) is 5.69 Å². The van der Waals surface area contributed by atoms with Crippen LogP contribution in [0.4, 0.5) is 0 Å². The van der Waals surface area contributed by atoms with Gasteiger partial charge in [-0.2, -0.15) is 5.10 Å². The van der Waals surface area contributed by atoms with Gasteiger partial charge >= 0.3 is 5.97 Å². The number of aliphatic hydroxyl groups excluding tert-OH is 1. The predicted octanol–water partition coefficient (Wildman–Crippen LogP) is 0.325. The molecular weight excluding hydrogens is 184 g/mol. The van der Waals surface area contributed by atoms with E-state index < -0.39 is 12.1 Å². The number of esters is 1. The lowest BCUT2D eigenvalue weighted by molar-refractivity contribution is -0.142. The number of carbonyl (C=O) groups is 1. The SMILES string of the molecule is COC(=O)CC(O)c1nn(C)cc1C. The molecule has 0 aromatic carbocycles. The van der Waals surface area contributed by atoms with Crippen LogP contribution in [0.1, 0.15) is 23.8 Å². The summed E-state index contributed by atoms with van der Waals surface area (Å²) in [5, 5.41) is 13.7. The summed E-state index contributed by atoms with van der Waals surface area (Å²) in [7, 11) is 3.06. The number of methoxy groups -OCH3 is 1. The molecule has 1 unspecified atom stereocenters. The Bertz CT molecular complexity index is 333. The molecule has 0 saturated heterocycles. The Hall–Kier alpha value is -1.36. The lowest BCUT2D eigenvalue weighted by Gasteiger charge is -2.06. The maximum absolute atomic E-state index is 10.9. The van der Waals surface area contributed by atoms with Gasteiger partial charge in [0.05, 0.1) is 19.2 Å². The molecule has 1 aromatic rings. The van der Waals surface area contributed by atoms with Gasteiger partial charge in [0.1, 0.15) is 6.10 Å². The Morgan fingerprint density at radius 2 is 2.43 bits per heavy atom. The Labute approximate surface area is 82.3 Å². The van der Waals surface area contributed by atoms with Crippen LogP contribution in [0.25, 0.3) is 0 Å². The number of hydrogen-bond donors (Lipinski definition) is 1. The Morgan fingerprint density at radius 3 is 2.86 bits per heavy atom. The molecule has 14 heavy (non-hydrogen) atoms. The lowest BCUT2D eigenvalue weighted by atomic mass is 10.1. The van der Waals surface area contributed by atoms with Crippen molar-refractivity contribution in [1.82, 2.24) is 9.78 Å². The molecule has 0 saturated carbocycles. The Balaban J connectivity index is 2.73. The normalized spacial score (nSPS) is 12.6. The molecule has 78 valence electrons. The molecule has 0 amide bonds. The zero-order chi connectivity index (χ0) is 10.7. The first-order chi connectivity index (χ1) is 6.54. The monoisotopic (exact) mass is 198 g/mol. The number of carbonyl (C=O) groups excluding carboxylic acids is 1. The zero-order valence-electron chi connectivity index (χ0n) is 8.52. The molecule has 1 aromatic heterocycles. The third-order valence-corrected chi connectivity index (χ3v) is 1.95. The van der Waals surface area contributed by atoms with E-state index in [0.717, 1.165) is 5.56 Å². The van der Waals surface area contributed by atoms with E-state index in [9.17, 15) is 9.90 Å². The summed E-state index contributed by atoms with van der Waals surface area (Å²) < 4.78 is 6.06. The Kier molecular flexibility index (Phi) is 3.24. The van der Waals surface area contributed by atoms with Crippen molar-refractivity contribution in [3.63, 3.8) is 0 Å². The van der Waals surface area contributed by atoms with Crippen LogP contribution in [0.5, 0.6) is 0 Å². The van der Waals surface area contributed by atoms with E-state index in [-0.39, 0.29) is 6.42 Å². The maximum Gasteiger partial charge on any atom is 0.308 e. The summed E-state index contributed by atoms with van der Waals surface area (Å²) in [5.41, 5.74) is 1.39. The second kappa shape index (κ2) is 4.23. The number of ether oxygens (including phenoxy) is 1. The second-order valence-electron chi connectivity index (χ2n) is 3.17. The Morgan fingerprint density at radius 1 is 1.79 bits per heavy atom. The third kappa shape index (κ3) is 2.32. The van der Waals surface area contributed by atoms with Crippen molar-refractivity contribution in [3.05, 3.63) is 17.5 Å². The van der Waals surface area contributed by atoms with Crippen molar-refractivity contribution >= 4 is 5.97 Å². The average molecular weight is 198 g/mol. The number of nitrogens with zero attached hydrogens (tertiary/aromatic N) is 2. The number of rotatable bonds is 3. The summed E-state index contributed by atoms with van der Waals surface area (Å²) in [5.74, 6) is -0.442. The molecule has 0 fully saturated rings. The highest BCUT2D eigenvalue weighted by molar-refractivity contribution is 5.69. The summed E-state index contributed by atoms with van der Waals surface area (Å²) in [6, 6.07) is 0. The zero-order valence-corrected chi connectivity index (χ0v) is 8.52. The fourth-order valence-corrected chi connectivity index (χ4v) is 1.29. The predicted molar refractivity (Wildman–Crippen MR) is 49.5 cm³/mol. The summed E-state index contributed by atoms with van der Waals surface area (Å²) in [6.07, 6.45) is 0.841. The van der Waals surface area contributed by atoms with Gasteiger partial charge in [-0.1, -0.05) is 0 Å². The van der Waals surface area contributed by atoms with E-state index in [1.165, 1.54) is 7.11 Å². The molecule has 1 heterocycles. The minimum Gasteiger partial charge on any atom is -0.469 e. The molecule has 1 rings (SSSR count). The van der Waals surface area contributed by atoms with Gasteiger partial charge in [0, 0.05) is 13.2 Å². The van der Waals surface area contributed by atoms with Gasteiger partial charge in [-0.15, -0.1) is 0 Å². The van der Waals surface area contributed by atoms with Crippen LogP contribution in [0.3, 0.4) is 0 Å².